The molecule has 0 radical (unpaired) electrons. The quantitative estimate of drug-likeness (QED) is 0.500. The number of rotatable bonds is 1. The van der Waals surface area contributed by atoms with Crippen LogP contribution in [-0.2, 0) is 11.8 Å². The molecule has 1 rings (SSSR count). The van der Waals surface area contributed by atoms with Crippen molar-refractivity contribution in [1.82, 2.24) is 0 Å². The highest BCUT2D eigenvalue weighted by Gasteiger charge is 2.18. The first-order chi connectivity index (χ1) is 6.38. The summed E-state index contributed by atoms with van der Waals surface area (Å²) in [5.41, 5.74) is 0.146. The van der Waals surface area contributed by atoms with Gasteiger partial charge in [0, 0.05) is 12.1 Å². The van der Waals surface area contributed by atoms with E-state index in [1.165, 1.54) is 0 Å². The Labute approximate surface area is 84.3 Å². The highest BCUT2D eigenvalue weighted by atomic mass is 16.6. The molecular weight excluding hydrogens is 178 g/mol. The largest absolute Gasteiger partial charge is 0.456 e. The zero-order valence-electron chi connectivity index (χ0n) is 9.07. The lowest BCUT2D eigenvalue weighted by molar-refractivity contribution is -0.671. The average molecular weight is 194 g/mol. The number of carbonyl (C=O) groups is 1. The van der Waals surface area contributed by atoms with Gasteiger partial charge in [0.1, 0.15) is 12.6 Å². The lowest BCUT2D eigenvalue weighted by Crippen LogP contribution is -2.28. The summed E-state index contributed by atoms with van der Waals surface area (Å²) in [6.07, 6.45) is 3.64. The van der Waals surface area contributed by atoms with Gasteiger partial charge in [-0.25, -0.2) is 9.36 Å². The number of hydrogen-bond acceptors (Lipinski definition) is 2. The summed E-state index contributed by atoms with van der Waals surface area (Å²) in [4.78, 5) is 11.5. The topological polar surface area (TPSA) is 30.2 Å². The summed E-state index contributed by atoms with van der Waals surface area (Å²) >= 11 is 0. The predicted octanol–water partition coefficient (Wildman–Crippen LogP) is 1.47. The Hall–Kier alpha value is -1.38. The summed E-state index contributed by atoms with van der Waals surface area (Å²) < 4.78 is 7.08. The first-order valence-electron chi connectivity index (χ1n) is 4.57. The van der Waals surface area contributed by atoms with E-state index in [1.807, 2.05) is 44.8 Å². The van der Waals surface area contributed by atoms with Crippen LogP contribution in [0.2, 0.25) is 0 Å². The van der Waals surface area contributed by atoms with Crippen LogP contribution < -0.4 is 4.57 Å². The van der Waals surface area contributed by atoms with Crippen molar-refractivity contribution in [2.24, 2.45) is 7.05 Å². The number of hydrogen-bond donors (Lipinski definition) is 0. The zero-order valence-corrected chi connectivity index (χ0v) is 9.07. The summed E-state index contributed by atoms with van der Waals surface area (Å²) in [7, 11) is 1.90. The van der Waals surface area contributed by atoms with Crippen LogP contribution in [0.25, 0.3) is 0 Å². The summed E-state index contributed by atoms with van der Waals surface area (Å²) in [5, 5.41) is 0. The van der Waals surface area contributed by atoms with E-state index in [0.717, 1.165) is 0 Å². The third kappa shape index (κ3) is 3.17. The van der Waals surface area contributed by atoms with Gasteiger partial charge in [-0.3, -0.25) is 0 Å². The van der Waals surface area contributed by atoms with Gasteiger partial charge in [-0.2, -0.15) is 0 Å². The number of aromatic nitrogens is 1. The third-order valence-corrected chi connectivity index (χ3v) is 1.61. The SMILES string of the molecule is C[n+]1ccc(C(=O)OC(C)(C)C)cc1. The van der Waals surface area contributed by atoms with Crippen molar-refractivity contribution in [2.45, 2.75) is 26.4 Å². The van der Waals surface area contributed by atoms with Crippen LogP contribution in [0.1, 0.15) is 31.1 Å². The first kappa shape index (κ1) is 10.7. The van der Waals surface area contributed by atoms with Gasteiger partial charge in [0.05, 0.1) is 5.56 Å². The van der Waals surface area contributed by atoms with E-state index in [1.54, 1.807) is 12.1 Å². The second-order valence-corrected chi connectivity index (χ2v) is 4.25. The normalized spacial score (nSPS) is 11.1. The van der Waals surface area contributed by atoms with Crippen molar-refractivity contribution in [2.75, 3.05) is 0 Å². The molecule has 0 bridgehead atoms. The molecule has 0 N–H and O–H groups in total. The van der Waals surface area contributed by atoms with Gasteiger partial charge < -0.3 is 4.74 Å². The smallest absolute Gasteiger partial charge is 0.339 e. The molecule has 0 aliphatic rings. The van der Waals surface area contributed by atoms with Crippen molar-refractivity contribution in [1.29, 1.82) is 0 Å². The van der Waals surface area contributed by atoms with Crippen molar-refractivity contribution in [3.8, 4) is 0 Å². The molecule has 76 valence electrons. The molecule has 3 heteroatoms. The van der Waals surface area contributed by atoms with Crippen LogP contribution in [0.4, 0.5) is 0 Å². The maximum atomic E-state index is 11.5. The van der Waals surface area contributed by atoms with E-state index >= 15 is 0 Å². The van der Waals surface area contributed by atoms with E-state index in [0.29, 0.717) is 5.56 Å². The highest BCUT2D eigenvalue weighted by Crippen LogP contribution is 2.10. The Morgan fingerprint density at radius 3 is 2.21 bits per heavy atom. The fourth-order valence-corrected chi connectivity index (χ4v) is 0.974. The molecular formula is C11H16NO2+. The molecule has 14 heavy (non-hydrogen) atoms. The van der Waals surface area contributed by atoms with Crippen LogP contribution in [0.3, 0.4) is 0 Å². The first-order valence-corrected chi connectivity index (χ1v) is 4.57. The molecule has 0 spiro atoms. The minimum Gasteiger partial charge on any atom is -0.456 e. The molecule has 0 aliphatic heterocycles. The maximum Gasteiger partial charge on any atom is 0.339 e. The summed E-state index contributed by atoms with van der Waals surface area (Å²) in [5.74, 6) is -0.280. The van der Waals surface area contributed by atoms with Crippen LogP contribution in [0.5, 0.6) is 0 Å². The van der Waals surface area contributed by atoms with Gasteiger partial charge in [-0.15, -0.1) is 0 Å². The monoisotopic (exact) mass is 194 g/mol. The molecule has 1 aromatic rings. The van der Waals surface area contributed by atoms with Crippen molar-refractivity contribution < 1.29 is 14.1 Å². The highest BCUT2D eigenvalue weighted by molar-refractivity contribution is 5.89. The number of pyridine rings is 1. The van der Waals surface area contributed by atoms with Gasteiger partial charge in [0.2, 0.25) is 0 Å². The zero-order chi connectivity index (χ0) is 10.8. The Morgan fingerprint density at radius 1 is 1.29 bits per heavy atom. The van der Waals surface area contributed by atoms with Gasteiger partial charge in [-0.05, 0) is 20.8 Å². The molecule has 0 fully saturated rings. The van der Waals surface area contributed by atoms with Gasteiger partial charge in [0.15, 0.2) is 12.4 Å². The fourth-order valence-electron chi connectivity index (χ4n) is 0.974. The lowest BCUT2D eigenvalue weighted by atomic mass is 10.2. The Morgan fingerprint density at radius 2 is 1.79 bits per heavy atom. The van der Waals surface area contributed by atoms with E-state index < -0.39 is 5.60 Å². The number of nitrogens with zero attached hydrogens (tertiary/aromatic N) is 1. The van der Waals surface area contributed by atoms with Gasteiger partial charge in [0.25, 0.3) is 0 Å². The van der Waals surface area contributed by atoms with Crippen LogP contribution in [-0.4, -0.2) is 11.6 Å². The lowest BCUT2D eigenvalue weighted by Gasteiger charge is -2.19. The molecule has 0 aliphatic carbocycles. The maximum absolute atomic E-state index is 11.5. The summed E-state index contributed by atoms with van der Waals surface area (Å²) in [6, 6.07) is 3.49. The van der Waals surface area contributed by atoms with Gasteiger partial charge in [-0.1, -0.05) is 0 Å². The molecule has 0 atom stereocenters. The third-order valence-electron chi connectivity index (χ3n) is 1.61. The fraction of sp³-hybridized carbons (Fsp3) is 0.455. The van der Waals surface area contributed by atoms with Crippen LogP contribution in [0, 0.1) is 0 Å². The minimum atomic E-state index is -0.435. The molecule has 0 saturated heterocycles. The molecule has 1 heterocycles. The molecule has 0 aromatic carbocycles. The molecule has 0 saturated carbocycles. The van der Waals surface area contributed by atoms with Crippen molar-refractivity contribution in [3.63, 3.8) is 0 Å². The van der Waals surface area contributed by atoms with E-state index in [-0.39, 0.29) is 5.97 Å². The Balaban J connectivity index is 2.76. The second kappa shape index (κ2) is 3.78. The number of aryl methyl sites for hydroxylation is 1. The van der Waals surface area contributed by atoms with E-state index in [9.17, 15) is 4.79 Å². The Kier molecular flexibility index (Phi) is 2.89. The van der Waals surface area contributed by atoms with Crippen molar-refractivity contribution in [3.05, 3.63) is 30.1 Å². The number of ether oxygens (including phenoxy) is 1. The van der Waals surface area contributed by atoms with Gasteiger partial charge >= 0.3 is 5.97 Å². The predicted molar refractivity (Wildman–Crippen MR) is 52.8 cm³/mol. The van der Waals surface area contributed by atoms with E-state index in [4.69, 9.17) is 4.74 Å². The van der Waals surface area contributed by atoms with Crippen molar-refractivity contribution >= 4 is 5.97 Å². The average Bonchev–Trinajstić information content (AvgIpc) is 2.02. The molecule has 0 unspecified atom stereocenters. The molecule has 3 nitrogen and oxygen atoms in total. The number of carbonyl (C=O) groups excluding carboxylic acids is 1. The molecule has 0 amide bonds. The summed E-state index contributed by atoms with van der Waals surface area (Å²) in [6.45, 7) is 5.56. The second-order valence-electron chi connectivity index (χ2n) is 4.25. The van der Waals surface area contributed by atoms with Crippen LogP contribution >= 0.6 is 0 Å². The van der Waals surface area contributed by atoms with E-state index in [2.05, 4.69) is 0 Å². The van der Waals surface area contributed by atoms with Crippen LogP contribution in [0.15, 0.2) is 24.5 Å². The Bertz CT molecular complexity index is 322. The molecule has 1 aromatic heterocycles. The minimum absolute atomic E-state index is 0.280. The number of esters is 1. The standard InChI is InChI=1S/C11H16NO2/c1-11(2,3)14-10(13)9-5-7-12(4)8-6-9/h5-8H,1-4H3/q+1.